The zero-order valence-electron chi connectivity index (χ0n) is 10.1. The molecule has 1 aromatic rings. The Morgan fingerprint density at radius 3 is 2.44 bits per heavy atom. The van der Waals surface area contributed by atoms with E-state index in [-0.39, 0.29) is 12.1 Å². The van der Waals surface area contributed by atoms with Crippen molar-refractivity contribution in [2.75, 3.05) is 13.2 Å². The maximum absolute atomic E-state index is 12.9. The Bertz CT molecular complexity index is 395. The van der Waals surface area contributed by atoms with Crippen molar-refractivity contribution in [2.45, 2.75) is 26.1 Å². The molecule has 18 heavy (non-hydrogen) atoms. The SMILES string of the molecule is CCNC(c1ccc(OCC)c(Br)c1)C(F)(F)F. The van der Waals surface area contributed by atoms with Crippen LogP contribution in [0.3, 0.4) is 0 Å². The highest BCUT2D eigenvalue weighted by Gasteiger charge is 2.40. The first-order chi connectivity index (χ1) is 8.40. The summed E-state index contributed by atoms with van der Waals surface area (Å²) in [6.45, 7) is 4.17. The lowest BCUT2D eigenvalue weighted by atomic mass is 10.1. The summed E-state index contributed by atoms with van der Waals surface area (Å²) < 4.78 is 44.4. The smallest absolute Gasteiger partial charge is 0.407 e. The molecule has 0 fully saturated rings. The van der Waals surface area contributed by atoms with Crippen molar-refractivity contribution in [3.63, 3.8) is 0 Å². The Kier molecular flexibility index (Phi) is 5.47. The molecule has 0 aromatic heterocycles. The third-order valence-corrected chi connectivity index (χ3v) is 2.94. The van der Waals surface area contributed by atoms with Crippen LogP contribution in [0.15, 0.2) is 22.7 Å². The Hall–Kier alpha value is -0.750. The van der Waals surface area contributed by atoms with E-state index < -0.39 is 12.2 Å². The third kappa shape index (κ3) is 3.88. The number of benzene rings is 1. The minimum Gasteiger partial charge on any atom is -0.493 e. The fraction of sp³-hybridized carbons (Fsp3) is 0.500. The fourth-order valence-electron chi connectivity index (χ4n) is 1.60. The van der Waals surface area contributed by atoms with Crippen molar-refractivity contribution in [1.82, 2.24) is 5.32 Å². The van der Waals surface area contributed by atoms with E-state index in [0.717, 1.165) is 0 Å². The van der Waals surface area contributed by atoms with Crippen molar-refractivity contribution >= 4 is 15.9 Å². The molecule has 1 rings (SSSR count). The predicted molar refractivity (Wildman–Crippen MR) is 67.8 cm³/mol. The molecular weight excluding hydrogens is 311 g/mol. The van der Waals surface area contributed by atoms with Crippen LogP contribution in [0.5, 0.6) is 5.75 Å². The molecule has 2 nitrogen and oxygen atoms in total. The van der Waals surface area contributed by atoms with E-state index >= 15 is 0 Å². The van der Waals surface area contributed by atoms with Gasteiger partial charge in [0.1, 0.15) is 11.8 Å². The van der Waals surface area contributed by atoms with Gasteiger partial charge in [-0.25, -0.2) is 0 Å². The maximum atomic E-state index is 12.9. The number of alkyl halides is 3. The van der Waals surface area contributed by atoms with Gasteiger partial charge in [0, 0.05) is 0 Å². The summed E-state index contributed by atoms with van der Waals surface area (Å²) >= 11 is 3.21. The number of hydrogen-bond acceptors (Lipinski definition) is 2. The van der Waals surface area contributed by atoms with Crippen molar-refractivity contribution in [3.8, 4) is 5.75 Å². The molecule has 1 unspecified atom stereocenters. The molecule has 0 aliphatic heterocycles. The highest BCUT2D eigenvalue weighted by atomic mass is 79.9. The van der Waals surface area contributed by atoms with Crippen LogP contribution in [-0.4, -0.2) is 19.3 Å². The second-order valence-electron chi connectivity index (χ2n) is 3.66. The summed E-state index contributed by atoms with van der Waals surface area (Å²) in [5.41, 5.74) is 0.166. The van der Waals surface area contributed by atoms with E-state index in [1.165, 1.54) is 12.1 Å². The largest absolute Gasteiger partial charge is 0.493 e. The fourth-order valence-corrected chi connectivity index (χ4v) is 2.11. The van der Waals surface area contributed by atoms with Crippen LogP contribution in [0.25, 0.3) is 0 Å². The van der Waals surface area contributed by atoms with Crippen molar-refractivity contribution in [3.05, 3.63) is 28.2 Å². The molecule has 6 heteroatoms. The van der Waals surface area contributed by atoms with E-state index in [2.05, 4.69) is 21.2 Å². The van der Waals surface area contributed by atoms with E-state index in [9.17, 15) is 13.2 Å². The van der Waals surface area contributed by atoms with Gasteiger partial charge in [-0.05, 0) is 47.1 Å². The zero-order chi connectivity index (χ0) is 13.8. The monoisotopic (exact) mass is 325 g/mol. The summed E-state index contributed by atoms with van der Waals surface area (Å²) in [5.74, 6) is 0.540. The summed E-state index contributed by atoms with van der Waals surface area (Å²) in [5, 5.41) is 2.43. The van der Waals surface area contributed by atoms with Gasteiger partial charge < -0.3 is 10.1 Å². The molecule has 0 amide bonds. The van der Waals surface area contributed by atoms with Crippen LogP contribution in [-0.2, 0) is 0 Å². The summed E-state index contributed by atoms with van der Waals surface area (Å²) in [6, 6.07) is 2.75. The van der Waals surface area contributed by atoms with Gasteiger partial charge >= 0.3 is 6.18 Å². The lowest BCUT2D eigenvalue weighted by Crippen LogP contribution is -2.34. The Morgan fingerprint density at radius 2 is 2.00 bits per heavy atom. The van der Waals surface area contributed by atoms with Crippen molar-refractivity contribution in [1.29, 1.82) is 0 Å². The molecule has 0 spiro atoms. The molecule has 0 radical (unpaired) electrons. The summed E-state index contributed by atoms with van der Waals surface area (Å²) in [7, 11) is 0. The third-order valence-electron chi connectivity index (χ3n) is 2.32. The van der Waals surface area contributed by atoms with E-state index in [0.29, 0.717) is 16.8 Å². The second kappa shape index (κ2) is 6.43. The van der Waals surface area contributed by atoms with Crippen LogP contribution in [0.1, 0.15) is 25.5 Å². The molecule has 0 saturated carbocycles. The first kappa shape index (κ1) is 15.3. The van der Waals surface area contributed by atoms with Crippen LogP contribution in [0, 0.1) is 0 Å². The Balaban J connectivity index is 3.03. The van der Waals surface area contributed by atoms with Gasteiger partial charge in [0.25, 0.3) is 0 Å². The van der Waals surface area contributed by atoms with Crippen molar-refractivity contribution in [2.24, 2.45) is 0 Å². The lowest BCUT2D eigenvalue weighted by molar-refractivity contribution is -0.157. The Labute approximate surface area is 113 Å². The number of rotatable bonds is 5. The maximum Gasteiger partial charge on any atom is 0.407 e. The van der Waals surface area contributed by atoms with Gasteiger partial charge in [-0.2, -0.15) is 13.2 Å². The second-order valence-corrected chi connectivity index (χ2v) is 4.51. The van der Waals surface area contributed by atoms with E-state index in [1.54, 1.807) is 13.0 Å². The van der Waals surface area contributed by atoms with Crippen LogP contribution in [0.4, 0.5) is 13.2 Å². The van der Waals surface area contributed by atoms with Gasteiger partial charge in [0.15, 0.2) is 0 Å². The van der Waals surface area contributed by atoms with Gasteiger partial charge in [-0.3, -0.25) is 0 Å². The molecular formula is C12H15BrF3NO. The van der Waals surface area contributed by atoms with Gasteiger partial charge in [0.05, 0.1) is 11.1 Å². The summed E-state index contributed by atoms with van der Waals surface area (Å²) in [4.78, 5) is 0. The molecule has 0 aliphatic rings. The van der Waals surface area contributed by atoms with Crippen LogP contribution >= 0.6 is 15.9 Å². The Morgan fingerprint density at radius 1 is 1.33 bits per heavy atom. The van der Waals surface area contributed by atoms with Gasteiger partial charge in [-0.15, -0.1) is 0 Å². The highest BCUT2D eigenvalue weighted by Crippen LogP contribution is 2.36. The zero-order valence-corrected chi connectivity index (χ0v) is 11.7. The first-order valence-electron chi connectivity index (χ1n) is 5.62. The van der Waals surface area contributed by atoms with Gasteiger partial charge in [0.2, 0.25) is 0 Å². The quantitative estimate of drug-likeness (QED) is 0.881. The van der Waals surface area contributed by atoms with E-state index in [4.69, 9.17) is 4.74 Å². The number of halogens is 4. The van der Waals surface area contributed by atoms with E-state index in [1.807, 2.05) is 6.92 Å². The molecule has 0 saturated heterocycles. The molecule has 0 bridgehead atoms. The normalized spacial score (nSPS) is 13.4. The minimum absolute atomic E-state index is 0.166. The average molecular weight is 326 g/mol. The van der Waals surface area contributed by atoms with Crippen LogP contribution in [0.2, 0.25) is 0 Å². The molecule has 0 aliphatic carbocycles. The minimum atomic E-state index is -4.32. The predicted octanol–water partition coefficient (Wildman–Crippen LogP) is 4.06. The highest BCUT2D eigenvalue weighted by molar-refractivity contribution is 9.10. The average Bonchev–Trinajstić information content (AvgIpc) is 2.27. The number of hydrogen-bond donors (Lipinski definition) is 1. The molecule has 1 atom stereocenters. The first-order valence-corrected chi connectivity index (χ1v) is 6.41. The van der Waals surface area contributed by atoms with Crippen molar-refractivity contribution < 1.29 is 17.9 Å². The summed E-state index contributed by atoms with van der Waals surface area (Å²) in [6.07, 6.45) is -4.32. The number of ether oxygens (including phenoxy) is 1. The topological polar surface area (TPSA) is 21.3 Å². The van der Waals surface area contributed by atoms with Gasteiger partial charge in [-0.1, -0.05) is 13.0 Å². The molecule has 102 valence electrons. The number of nitrogens with one attached hydrogen (secondary N) is 1. The lowest BCUT2D eigenvalue weighted by Gasteiger charge is -2.22. The standard InChI is InChI=1S/C12H15BrF3NO/c1-3-17-11(12(14,15)16)8-5-6-10(18-4-2)9(13)7-8/h5-7,11,17H,3-4H2,1-2H3. The van der Waals surface area contributed by atoms with Crippen LogP contribution < -0.4 is 10.1 Å². The molecule has 0 heterocycles. The molecule has 1 N–H and O–H groups in total. The molecule has 1 aromatic carbocycles.